The van der Waals surface area contributed by atoms with Crippen molar-refractivity contribution < 1.29 is 19.1 Å². The molecular formula is C9H15BrO4S. The van der Waals surface area contributed by atoms with Crippen LogP contribution in [0.4, 0.5) is 0 Å². The van der Waals surface area contributed by atoms with Crippen molar-refractivity contribution in [2.24, 2.45) is 0 Å². The van der Waals surface area contributed by atoms with E-state index in [2.05, 4.69) is 28.6 Å². The second-order valence-electron chi connectivity index (χ2n) is 2.87. The molecule has 1 rings (SSSR count). The van der Waals surface area contributed by atoms with E-state index in [1.807, 2.05) is 0 Å². The van der Waals surface area contributed by atoms with Crippen LogP contribution >= 0.6 is 28.6 Å². The summed E-state index contributed by atoms with van der Waals surface area (Å²) in [5.74, 6) is -0.574. The van der Waals surface area contributed by atoms with Crippen molar-refractivity contribution in [1.29, 1.82) is 0 Å². The standard InChI is InChI=1S/C8H11BrO4.CH4S/c1-5(10)12-7(4-9)6-2-3-8(11)13-6;1-2/h6-7H,2-4H2,1H3;2H,1H3. The SMILES string of the molecule is CC(=O)OC(CBr)C1CCC(=O)O1.CS. The largest absolute Gasteiger partial charge is 0.458 e. The molecule has 0 aromatic rings. The van der Waals surface area contributed by atoms with E-state index in [0.29, 0.717) is 18.2 Å². The van der Waals surface area contributed by atoms with Crippen LogP contribution in [0.25, 0.3) is 0 Å². The molecule has 15 heavy (non-hydrogen) atoms. The van der Waals surface area contributed by atoms with Crippen molar-refractivity contribution in [1.82, 2.24) is 0 Å². The number of esters is 2. The van der Waals surface area contributed by atoms with Crippen molar-refractivity contribution in [3.63, 3.8) is 0 Å². The number of alkyl halides is 1. The van der Waals surface area contributed by atoms with Gasteiger partial charge in [-0.3, -0.25) is 9.59 Å². The fourth-order valence-electron chi connectivity index (χ4n) is 1.23. The Bertz CT molecular complexity index is 222. The fourth-order valence-corrected chi connectivity index (χ4v) is 1.78. The van der Waals surface area contributed by atoms with Gasteiger partial charge in [0.2, 0.25) is 0 Å². The van der Waals surface area contributed by atoms with Crippen molar-refractivity contribution in [3.8, 4) is 0 Å². The number of halogens is 1. The van der Waals surface area contributed by atoms with Gasteiger partial charge in [0.15, 0.2) is 0 Å². The highest BCUT2D eigenvalue weighted by atomic mass is 79.9. The maximum Gasteiger partial charge on any atom is 0.306 e. The third kappa shape index (κ3) is 5.41. The molecule has 1 aliphatic rings. The van der Waals surface area contributed by atoms with Crippen molar-refractivity contribution in [2.75, 3.05) is 11.6 Å². The summed E-state index contributed by atoms with van der Waals surface area (Å²) in [7, 11) is 0. The Morgan fingerprint density at radius 2 is 2.33 bits per heavy atom. The number of rotatable bonds is 3. The van der Waals surface area contributed by atoms with Gasteiger partial charge in [-0.25, -0.2) is 0 Å². The van der Waals surface area contributed by atoms with E-state index in [1.54, 1.807) is 6.26 Å². The fraction of sp³-hybridized carbons (Fsp3) is 0.778. The topological polar surface area (TPSA) is 52.6 Å². The molecule has 4 nitrogen and oxygen atoms in total. The minimum atomic E-state index is -0.357. The lowest BCUT2D eigenvalue weighted by Crippen LogP contribution is -2.31. The summed E-state index contributed by atoms with van der Waals surface area (Å²) < 4.78 is 9.94. The number of hydrogen-bond acceptors (Lipinski definition) is 5. The molecular weight excluding hydrogens is 284 g/mol. The quantitative estimate of drug-likeness (QED) is 0.488. The molecule has 0 aliphatic carbocycles. The van der Waals surface area contributed by atoms with E-state index in [4.69, 9.17) is 9.47 Å². The normalized spacial score (nSPS) is 21.1. The summed E-state index contributed by atoms with van der Waals surface area (Å²) in [5, 5.41) is 0.491. The lowest BCUT2D eigenvalue weighted by Gasteiger charge is -2.19. The average molecular weight is 299 g/mol. The van der Waals surface area contributed by atoms with Crippen molar-refractivity contribution >= 4 is 40.5 Å². The maximum absolute atomic E-state index is 10.8. The number of thiol groups is 1. The van der Waals surface area contributed by atoms with Crippen LogP contribution in [-0.4, -0.2) is 35.7 Å². The molecule has 88 valence electrons. The molecule has 0 bridgehead atoms. The minimum Gasteiger partial charge on any atom is -0.458 e. The lowest BCUT2D eigenvalue weighted by molar-refractivity contribution is -0.157. The molecule has 1 heterocycles. The van der Waals surface area contributed by atoms with E-state index in [9.17, 15) is 9.59 Å². The summed E-state index contributed by atoms with van der Waals surface area (Å²) in [6.45, 7) is 1.34. The molecule has 2 unspecified atom stereocenters. The second-order valence-corrected chi connectivity index (χ2v) is 3.52. The van der Waals surface area contributed by atoms with E-state index in [-0.39, 0.29) is 24.1 Å². The predicted molar refractivity (Wildman–Crippen MR) is 63.4 cm³/mol. The highest BCUT2D eigenvalue weighted by molar-refractivity contribution is 9.09. The molecule has 6 heteroatoms. The van der Waals surface area contributed by atoms with Crippen LogP contribution < -0.4 is 0 Å². The van der Waals surface area contributed by atoms with Gasteiger partial charge >= 0.3 is 11.9 Å². The molecule has 1 aliphatic heterocycles. The number of ether oxygens (including phenoxy) is 2. The number of carbonyl (C=O) groups excluding carboxylic acids is 2. The van der Waals surface area contributed by atoms with E-state index in [1.165, 1.54) is 6.92 Å². The van der Waals surface area contributed by atoms with Gasteiger partial charge in [0.1, 0.15) is 12.2 Å². The van der Waals surface area contributed by atoms with Gasteiger partial charge < -0.3 is 9.47 Å². The van der Waals surface area contributed by atoms with E-state index >= 15 is 0 Å². The maximum atomic E-state index is 10.8. The lowest BCUT2D eigenvalue weighted by atomic mass is 10.1. The molecule has 0 radical (unpaired) electrons. The monoisotopic (exact) mass is 298 g/mol. The number of carbonyl (C=O) groups is 2. The first kappa shape index (κ1) is 14.8. The smallest absolute Gasteiger partial charge is 0.306 e. The zero-order chi connectivity index (χ0) is 11.8. The molecule has 0 saturated carbocycles. The molecule has 0 aromatic carbocycles. The van der Waals surface area contributed by atoms with Crippen molar-refractivity contribution in [3.05, 3.63) is 0 Å². The molecule has 1 saturated heterocycles. The zero-order valence-electron chi connectivity index (χ0n) is 8.73. The van der Waals surface area contributed by atoms with Gasteiger partial charge in [-0.05, 0) is 12.7 Å². The second kappa shape index (κ2) is 7.98. The van der Waals surface area contributed by atoms with E-state index < -0.39 is 0 Å². The highest BCUT2D eigenvalue weighted by Gasteiger charge is 2.32. The van der Waals surface area contributed by atoms with Crippen LogP contribution in [0.1, 0.15) is 19.8 Å². The highest BCUT2D eigenvalue weighted by Crippen LogP contribution is 2.20. The molecule has 0 N–H and O–H groups in total. The average Bonchev–Trinajstić information content (AvgIpc) is 2.64. The molecule has 0 amide bonds. The summed E-state index contributed by atoms with van der Waals surface area (Å²) in [4.78, 5) is 21.4. The minimum absolute atomic E-state index is 0.219. The summed E-state index contributed by atoms with van der Waals surface area (Å²) in [6, 6.07) is 0. The predicted octanol–water partition coefficient (Wildman–Crippen LogP) is 1.56. The van der Waals surface area contributed by atoms with Gasteiger partial charge in [0, 0.05) is 18.7 Å². The molecule has 1 fully saturated rings. The van der Waals surface area contributed by atoms with Gasteiger partial charge in [0.25, 0.3) is 0 Å². The zero-order valence-corrected chi connectivity index (χ0v) is 11.2. The third-order valence-corrected chi connectivity index (χ3v) is 2.44. The Kier molecular flexibility index (Phi) is 7.86. The molecule has 0 spiro atoms. The van der Waals surface area contributed by atoms with Crippen LogP contribution in [0.5, 0.6) is 0 Å². The van der Waals surface area contributed by atoms with Crippen LogP contribution in [0.2, 0.25) is 0 Å². The Morgan fingerprint density at radius 1 is 1.73 bits per heavy atom. The van der Waals surface area contributed by atoms with Crippen LogP contribution in [0.15, 0.2) is 0 Å². The van der Waals surface area contributed by atoms with Crippen molar-refractivity contribution in [2.45, 2.75) is 32.0 Å². The number of hydrogen-bond donors (Lipinski definition) is 1. The third-order valence-electron chi connectivity index (χ3n) is 1.80. The van der Waals surface area contributed by atoms with Gasteiger partial charge in [0.05, 0.1) is 0 Å². The first-order valence-electron chi connectivity index (χ1n) is 4.51. The van der Waals surface area contributed by atoms with Gasteiger partial charge in [-0.15, -0.1) is 0 Å². The van der Waals surface area contributed by atoms with Crippen LogP contribution in [0, 0.1) is 0 Å². The number of cyclic esters (lactones) is 1. The first-order chi connectivity index (χ1) is 7.13. The van der Waals surface area contributed by atoms with Crippen LogP contribution in [-0.2, 0) is 19.1 Å². The van der Waals surface area contributed by atoms with Crippen LogP contribution in [0.3, 0.4) is 0 Å². The Morgan fingerprint density at radius 3 is 2.67 bits per heavy atom. The Balaban J connectivity index is 0.000000921. The van der Waals surface area contributed by atoms with E-state index in [0.717, 1.165) is 0 Å². The first-order valence-corrected chi connectivity index (χ1v) is 6.52. The molecule has 2 atom stereocenters. The Hall–Kier alpha value is -0.230. The summed E-state index contributed by atoms with van der Waals surface area (Å²) >= 11 is 6.73. The molecule has 0 aromatic heterocycles. The van der Waals surface area contributed by atoms with Gasteiger partial charge in [-0.1, -0.05) is 15.9 Å². The summed E-state index contributed by atoms with van der Waals surface area (Å²) in [6.07, 6.45) is 2.09. The Labute approximate surface area is 103 Å². The summed E-state index contributed by atoms with van der Waals surface area (Å²) in [5.41, 5.74) is 0. The van der Waals surface area contributed by atoms with Gasteiger partial charge in [-0.2, -0.15) is 12.6 Å².